The highest BCUT2D eigenvalue weighted by molar-refractivity contribution is 7.98. The molecule has 0 spiro atoms. The van der Waals surface area contributed by atoms with Gasteiger partial charge in [0.2, 0.25) is 0 Å². The molecule has 0 amide bonds. The van der Waals surface area contributed by atoms with Gasteiger partial charge in [-0.2, -0.15) is 0 Å². The first-order valence-electron chi connectivity index (χ1n) is 5.50. The normalized spacial score (nSPS) is 11.5. The maximum Gasteiger partial charge on any atom is 0.171 e. The molecule has 4 nitrogen and oxygen atoms in total. The van der Waals surface area contributed by atoms with Crippen molar-refractivity contribution in [2.45, 2.75) is 10.6 Å². The van der Waals surface area contributed by atoms with Gasteiger partial charge in [-0.05, 0) is 23.8 Å². The molecule has 1 heterocycles. The molecule has 0 unspecified atom stereocenters. The minimum atomic E-state index is 0.0843. The quantitative estimate of drug-likeness (QED) is 0.299. The average molecular weight is 294 g/mol. The standard InChI is InChI=1S/C13H12ClN3OS/c14-10-3-1-9(2-4-10)8-19-12-7-16-6-5-11(12)13(15)17-18/h1-7,18H,8H2,(H2,15,17). The fourth-order valence-electron chi connectivity index (χ4n) is 1.50. The highest BCUT2D eigenvalue weighted by atomic mass is 35.5. The number of hydrogen-bond donors (Lipinski definition) is 2. The Labute approximate surface area is 120 Å². The summed E-state index contributed by atoms with van der Waals surface area (Å²) in [5.74, 6) is 0.843. The van der Waals surface area contributed by atoms with Crippen molar-refractivity contribution >= 4 is 29.2 Å². The average Bonchev–Trinajstić information content (AvgIpc) is 2.46. The van der Waals surface area contributed by atoms with Crippen molar-refractivity contribution in [3.05, 3.63) is 58.9 Å². The SMILES string of the molecule is N/C(=N/O)c1ccncc1SCc1ccc(Cl)cc1. The molecule has 3 N–H and O–H groups in total. The number of amidine groups is 1. The summed E-state index contributed by atoms with van der Waals surface area (Å²) in [6, 6.07) is 9.36. The molecule has 0 atom stereocenters. The number of benzene rings is 1. The van der Waals surface area contributed by atoms with E-state index in [9.17, 15) is 0 Å². The van der Waals surface area contributed by atoms with Crippen molar-refractivity contribution in [1.29, 1.82) is 0 Å². The number of nitrogens with two attached hydrogens (primary N) is 1. The zero-order valence-corrected chi connectivity index (χ0v) is 11.5. The summed E-state index contributed by atoms with van der Waals surface area (Å²) in [5.41, 5.74) is 7.44. The van der Waals surface area contributed by atoms with Crippen LogP contribution < -0.4 is 5.73 Å². The van der Waals surface area contributed by atoms with Crippen molar-refractivity contribution in [3.63, 3.8) is 0 Å². The van der Waals surface area contributed by atoms with E-state index in [0.717, 1.165) is 16.2 Å². The Morgan fingerprint density at radius 1 is 1.32 bits per heavy atom. The Morgan fingerprint density at radius 2 is 2.05 bits per heavy atom. The zero-order valence-electron chi connectivity index (χ0n) is 9.95. The smallest absolute Gasteiger partial charge is 0.171 e. The van der Waals surface area contributed by atoms with E-state index in [1.165, 1.54) is 0 Å². The van der Waals surface area contributed by atoms with Crippen LogP contribution in [0.1, 0.15) is 11.1 Å². The molecule has 0 radical (unpaired) electrons. The Bertz CT molecular complexity index is 587. The number of rotatable bonds is 4. The van der Waals surface area contributed by atoms with Gasteiger partial charge in [-0.25, -0.2) is 0 Å². The van der Waals surface area contributed by atoms with Gasteiger partial charge in [0.25, 0.3) is 0 Å². The number of oxime groups is 1. The van der Waals surface area contributed by atoms with Gasteiger partial charge in [0, 0.05) is 33.6 Å². The van der Waals surface area contributed by atoms with Gasteiger partial charge in [-0.1, -0.05) is 28.9 Å². The van der Waals surface area contributed by atoms with Crippen molar-refractivity contribution in [2.24, 2.45) is 10.9 Å². The van der Waals surface area contributed by atoms with Crippen LogP contribution >= 0.6 is 23.4 Å². The first kappa shape index (κ1) is 13.7. The Morgan fingerprint density at radius 3 is 2.74 bits per heavy atom. The van der Waals surface area contributed by atoms with E-state index in [2.05, 4.69) is 10.1 Å². The third kappa shape index (κ3) is 3.62. The van der Waals surface area contributed by atoms with Crippen LogP contribution in [-0.2, 0) is 5.75 Å². The molecule has 19 heavy (non-hydrogen) atoms. The predicted molar refractivity (Wildman–Crippen MR) is 77.8 cm³/mol. The maximum absolute atomic E-state index is 8.75. The van der Waals surface area contributed by atoms with E-state index in [1.54, 1.807) is 30.2 Å². The maximum atomic E-state index is 8.75. The number of hydrogen-bond acceptors (Lipinski definition) is 4. The topological polar surface area (TPSA) is 71.5 Å². The van der Waals surface area contributed by atoms with Crippen LogP contribution in [0, 0.1) is 0 Å². The van der Waals surface area contributed by atoms with Crippen LogP contribution in [0.5, 0.6) is 0 Å². The van der Waals surface area contributed by atoms with Gasteiger partial charge in [0.05, 0.1) is 0 Å². The van der Waals surface area contributed by atoms with Gasteiger partial charge >= 0.3 is 0 Å². The van der Waals surface area contributed by atoms with E-state index in [1.807, 2.05) is 24.3 Å². The van der Waals surface area contributed by atoms with Crippen LogP contribution in [0.25, 0.3) is 0 Å². The lowest BCUT2D eigenvalue weighted by Gasteiger charge is -2.07. The summed E-state index contributed by atoms with van der Waals surface area (Å²) < 4.78 is 0. The highest BCUT2D eigenvalue weighted by Gasteiger charge is 2.07. The Balaban J connectivity index is 2.13. The zero-order chi connectivity index (χ0) is 13.7. The molecular formula is C13H12ClN3OS. The van der Waals surface area contributed by atoms with E-state index in [-0.39, 0.29) is 5.84 Å². The molecule has 6 heteroatoms. The van der Waals surface area contributed by atoms with Crippen molar-refractivity contribution in [1.82, 2.24) is 4.98 Å². The van der Waals surface area contributed by atoms with Gasteiger partial charge in [0.1, 0.15) is 0 Å². The molecular weight excluding hydrogens is 282 g/mol. The third-order valence-corrected chi connectivity index (χ3v) is 3.84. The molecule has 1 aromatic heterocycles. The van der Waals surface area contributed by atoms with E-state index >= 15 is 0 Å². The minimum Gasteiger partial charge on any atom is -0.409 e. The van der Waals surface area contributed by atoms with Crippen LogP contribution in [0.3, 0.4) is 0 Å². The first-order chi connectivity index (χ1) is 9.20. The molecule has 0 aliphatic carbocycles. The summed E-state index contributed by atoms with van der Waals surface area (Å²) in [5, 5.41) is 12.5. The number of halogens is 1. The molecule has 0 saturated heterocycles. The summed E-state index contributed by atoms with van der Waals surface area (Å²) in [6.07, 6.45) is 3.31. The van der Waals surface area contributed by atoms with Crippen LogP contribution in [0.15, 0.2) is 52.8 Å². The summed E-state index contributed by atoms with van der Waals surface area (Å²) in [4.78, 5) is 4.92. The van der Waals surface area contributed by atoms with Crippen LogP contribution in [-0.4, -0.2) is 16.0 Å². The Kier molecular flexibility index (Phi) is 4.65. The number of aromatic nitrogens is 1. The van der Waals surface area contributed by atoms with Gasteiger partial charge in [-0.15, -0.1) is 11.8 Å². The molecule has 98 valence electrons. The molecule has 0 saturated carbocycles. The summed E-state index contributed by atoms with van der Waals surface area (Å²) in [6.45, 7) is 0. The second-order valence-electron chi connectivity index (χ2n) is 3.77. The summed E-state index contributed by atoms with van der Waals surface area (Å²) in [7, 11) is 0. The number of pyridine rings is 1. The second-order valence-corrected chi connectivity index (χ2v) is 5.23. The Hall–Kier alpha value is -1.72. The van der Waals surface area contributed by atoms with Crippen molar-refractivity contribution in [3.8, 4) is 0 Å². The molecule has 1 aromatic carbocycles. The van der Waals surface area contributed by atoms with E-state index < -0.39 is 0 Å². The van der Waals surface area contributed by atoms with E-state index in [4.69, 9.17) is 22.5 Å². The second kappa shape index (κ2) is 6.45. The van der Waals surface area contributed by atoms with Gasteiger partial charge in [0.15, 0.2) is 5.84 Å². The first-order valence-corrected chi connectivity index (χ1v) is 6.86. The highest BCUT2D eigenvalue weighted by Crippen LogP contribution is 2.25. The minimum absolute atomic E-state index is 0.0843. The van der Waals surface area contributed by atoms with Crippen molar-refractivity contribution in [2.75, 3.05) is 0 Å². The summed E-state index contributed by atoms with van der Waals surface area (Å²) >= 11 is 7.41. The molecule has 0 fully saturated rings. The lowest BCUT2D eigenvalue weighted by atomic mass is 10.2. The molecule has 0 aliphatic heterocycles. The molecule has 2 aromatic rings. The van der Waals surface area contributed by atoms with Crippen LogP contribution in [0.2, 0.25) is 5.02 Å². The molecule has 2 rings (SSSR count). The monoisotopic (exact) mass is 293 g/mol. The van der Waals surface area contributed by atoms with E-state index in [0.29, 0.717) is 10.6 Å². The van der Waals surface area contributed by atoms with Gasteiger partial charge < -0.3 is 10.9 Å². The lowest BCUT2D eigenvalue weighted by Crippen LogP contribution is -2.14. The van der Waals surface area contributed by atoms with Crippen molar-refractivity contribution < 1.29 is 5.21 Å². The van der Waals surface area contributed by atoms with Gasteiger partial charge in [-0.3, -0.25) is 4.98 Å². The fraction of sp³-hybridized carbons (Fsp3) is 0.0769. The largest absolute Gasteiger partial charge is 0.409 e. The molecule has 0 bridgehead atoms. The van der Waals surface area contributed by atoms with Crippen LogP contribution in [0.4, 0.5) is 0 Å². The fourth-order valence-corrected chi connectivity index (χ4v) is 2.61. The molecule has 0 aliphatic rings. The lowest BCUT2D eigenvalue weighted by molar-refractivity contribution is 0.318. The number of thioether (sulfide) groups is 1. The third-order valence-electron chi connectivity index (χ3n) is 2.48. The predicted octanol–water partition coefficient (Wildman–Crippen LogP) is 3.12. The number of nitrogens with zero attached hydrogens (tertiary/aromatic N) is 2.